The molecule has 0 aromatic rings. The minimum Gasteiger partial charge on any atom is -0.462 e. The van der Waals surface area contributed by atoms with Crippen LogP contribution < -0.4 is 0 Å². The molecule has 6 bridgehead atoms. The van der Waals surface area contributed by atoms with Crippen molar-refractivity contribution in [2.24, 2.45) is 35.5 Å². The van der Waals surface area contributed by atoms with Crippen molar-refractivity contribution < 1.29 is 19.1 Å². The molecule has 6 rings (SSSR count). The van der Waals surface area contributed by atoms with Gasteiger partial charge in [-0.05, 0) is 49.4 Å². The third-order valence-corrected chi connectivity index (χ3v) is 6.23. The highest BCUT2D eigenvalue weighted by molar-refractivity contribution is 5.66. The van der Waals surface area contributed by atoms with E-state index >= 15 is 0 Å². The number of carbonyl (C=O) groups is 2. The van der Waals surface area contributed by atoms with Gasteiger partial charge in [0.25, 0.3) is 0 Å². The van der Waals surface area contributed by atoms with Gasteiger partial charge in [-0.25, -0.2) is 0 Å². The first-order valence-corrected chi connectivity index (χ1v) is 8.55. The molecule has 120 valence electrons. The van der Waals surface area contributed by atoms with Gasteiger partial charge in [0.15, 0.2) is 0 Å². The zero-order valence-corrected chi connectivity index (χ0v) is 13.2. The van der Waals surface area contributed by atoms with E-state index in [0.29, 0.717) is 17.9 Å². The summed E-state index contributed by atoms with van der Waals surface area (Å²) < 4.78 is 10.4. The van der Waals surface area contributed by atoms with Crippen LogP contribution in [0, 0.1) is 35.5 Å². The van der Waals surface area contributed by atoms with Crippen LogP contribution in [0.15, 0.2) is 12.2 Å². The van der Waals surface area contributed by atoms with Crippen molar-refractivity contribution in [1.82, 2.24) is 0 Å². The van der Waals surface area contributed by atoms with E-state index in [2.05, 4.69) is 12.2 Å². The molecule has 0 aliphatic heterocycles. The first-order chi connectivity index (χ1) is 10.5. The maximum absolute atomic E-state index is 10.7. The van der Waals surface area contributed by atoms with E-state index in [4.69, 9.17) is 9.47 Å². The molecule has 0 spiro atoms. The van der Waals surface area contributed by atoms with Crippen LogP contribution in [0.25, 0.3) is 0 Å². The summed E-state index contributed by atoms with van der Waals surface area (Å²) in [4.78, 5) is 21.3. The second-order valence-electron chi connectivity index (χ2n) is 7.64. The molecular weight excluding hydrogens is 280 g/mol. The van der Waals surface area contributed by atoms with Crippen LogP contribution >= 0.6 is 0 Å². The quantitative estimate of drug-likeness (QED) is 0.581. The zero-order valence-electron chi connectivity index (χ0n) is 13.2. The van der Waals surface area contributed by atoms with Crippen molar-refractivity contribution in [1.29, 1.82) is 0 Å². The van der Waals surface area contributed by atoms with Crippen LogP contribution in [0.4, 0.5) is 0 Å². The average Bonchev–Trinajstić information content (AvgIpc) is 3.01. The SMILES string of the molecule is CC(=O)OC1C2CC3C(C2)C31.CC(=O)OC1CC2C=CC1C2. The topological polar surface area (TPSA) is 52.6 Å². The van der Waals surface area contributed by atoms with Gasteiger partial charge in [0.05, 0.1) is 0 Å². The third kappa shape index (κ3) is 2.37. The molecule has 6 aliphatic carbocycles. The molecule has 0 aromatic carbocycles. The van der Waals surface area contributed by atoms with Gasteiger partial charge in [-0.15, -0.1) is 0 Å². The summed E-state index contributed by atoms with van der Waals surface area (Å²) in [6, 6.07) is 0. The maximum Gasteiger partial charge on any atom is 0.302 e. The third-order valence-electron chi connectivity index (χ3n) is 6.23. The van der Waals surface area contributed by atoms with E-state index < -0.39 is 0 Å². The van der Waals surface area contributed by atoms with E-state index in [-0.39, 0.29) is 18.0 Å². The lowest BCUT2D eigenvalue weighted by atomic mass is 10.0. The second-order valence-corrected chi connectivity index (χ2v) is 7.64. The normalized spacial score (nSPS) is 47.9. The molecule has 5 fully saturated rings. The van der Waals surface area contributed by atoms with Gasteiger partial charge in [-0.3, -0.25) is 9.59 Å². The largest absolute Gasteiger partial charge is 0.462 e. The van der Waals surface area contributed by atoms with Crippen molar-refractivity contribution in [3.05, 3.63) is 12.2 Å². The Hall–Kier alpha value is -1.32. The number of ether oxygens (including phenoxy) is 2. The Labute approximate surface area is 131 Å². The standard InChI is InChI=1S/2C9H12O2/c1-4(10)11-9-5-2-6-7(3-5)8(6)9;1-6(10)11-9-5-7-2-3-8(9)4-7/h5-9H,2-3H2,1H3;2-3,7-9H,4-5H2,1H3. The fourth-order valence-corrected chi connectivity index (χ4v) is 5.45. The molecule has 6 atom stereocenters. The van der Waals surface area contributed by atoms with Crippen LogP contribution in [0.1, 0.15) is 39.5 Å². The highest BCUT2D eigenvalue weighted by Crippen LogP contribution is 2.71. The van der Waals surface area contributed by atoms with Gasteiger partial charge in [0.1, 0.15) is 12.2 Å². The Morgan fingerprint density at radius 3 is 2.00 bits per heavy atom. The monoisotopic (exact) mass is 304 g/mol. The molecule has 6 aliphatic rings. The Balaban J connectivity index is 0.000000114. The molecule has 0 heterocycles. The first kappa shape index (κ1) is 14.3. The van der Waals surface area contributed by atoms with E-state index in [1.165, 1.54) is 33.1 Å². The molecule has 4 heteroatoms. The molecule has 5 saturated carbocycles. The molecule has 0 aromatic heterocycles. The van der Waals surface area contributed by atoms with E-state index in [9.17, 15) is 9.59 Å². The van der Waals surface area contributed by atoms with Gasteiger partial charge in [-0.1, -0.05) is 12.2 Å². The second kappa shape index (κ2) is 5.10. The van der Waals surface area contributed by atoms with Gasteiger partial charge in [-0.2, -0.15) is 0 Å². The molecule has 22 heavy (non-hydrogen) atoms. The zero-order chi connectivity index (χ0) is 15.4. The molecule has 0 saturated heterocycles. The van der Waals surface area contributed by atoms with E-state index in [1.807, 2.05) is 0 Å². The maximum atomic E-state index is 10.7. The molecule has 4 nitrogen and oxygen atoms in total. The first-order valence-electron chi connectivity index (χ1n) is 8.55. The van der Waals surface area contributed by atoms with Crippen LogP contribution in [0.5, 0.6) is 0 Å². The number of hydrogen-bond donors (Lipinski definition) is 0. The smallest absolute Gasteiger partial charge is 0.302 e. The van der Waals surface area contributed by atoms with Crippen LogP contribution in [-0.4, -0.2) is 24.1 Å². The molecule has 0 radical (unpaired) electrons. The van der Waals surface area contributed by atoms with Crippen molar-refractivity contribution in [2.45, 2.75) is 51.7 Å². The van der Waals surface area contributed by atoms with Crippen LogP contribution in [-0.2, 0) is 19.1 Å². The van der Waals surface area contributed by atoms with Gasteiger partial charge in [0, 0.05) is 25.7 Å². The fraction of sp³-hybridized carbons (Fsp3) is 0.778. The van der Waals surface area contributed by atoms with E-state index in [1.54, 1.807) is 0 Å². The Morgan fingerprint density at radius 2 is 1.59 bits per heavy atom. The fourth-order valence-electron chi connectivity index (χ4n) is 5.45. The highest BCUT2D eigenvalue weighted by Gasteiger charge is 2.69. The van der Waals surface area contributed by atoms with Crippen molar-refractivity contribution in [3.8, 4) is 0 Å². The Kier molecular flexibility index (Phi) is 3.31. The lowest BCUT2D eigenvalue weighted by Gasteiger charge is -2.17. The molecular formula is C18H24O4. The Morgan fingerprint density at radius 1 is 0.909 bits per heavy atom. The average molecular weight is 304 g/mol. The number of fused-ring (bicyclic) bond motifs is 2. The summed E-state index contributed by atoms with van der Waals surface area (Å²) in [5, 5.41) is 0. The van der Waals surface area contributed by atoms with Crippen molar-refractivity contribution in [3.63, 3.8) is 0 Å². The van der Waals surface area contributed by atoms with Gasteiger partial charge < -0.3 is 9.47 Å². The number of carbonyl (C=O) groups excluding carboxylic acids is 2. The molecule has 0 amide bonds. The van der Waals surface area contributed by atoms with Crippen molar-refractivity contribution >= 4 is 11.9 Å². The minimum atomic E-state index is -0.143. The predicted octanol–water partition coefficient (Wildman–Crippen LogP) is 2.72. The highest BCUT2D eigenvalue weighted by atomic mass is 16.5. The lowest BCUT2D eigenvalue weighted by Crippen LogP contribution is -2.20. The number of esters is 2. The summed E-state index contributed by atoms with van der Waals surface area (Å²) in [5.41, 5.74) is 0. The Bertz CT molecular complexity index is 511. The number of hydrogen-bond acceptors (Lipinski definition) is 4. The van der Waals surface area contributed by atoms with Crippen LogP contribution in [0.3, 0.4) is 0 Å². The van der Waals surface area contributed by atoms with Crippen LogP contribution in [0.2, 0.25) is 0 Å². The molecule has 0 N–H and O–H groups in total. The van der Waals surface area contributed by atoms with Gasteiger partial charge >= 0.3 is 11.9 Å². The number of rotatable bonds is 2. The summed E-state index contributed by atoms with van der Waals surface area (Å²) >= 11 is 0. The summed E-state index contributed by atoms with van der Waals surface area (Å²) in [6.45, 7) is 3.00. The lowest BCUT2D eigenvalue weighted by molar-refractivity contribution is -0.148. The minimum absolute atomic E-state index is 0.0896. The molecule has 6 unspecified atom stereocenters. The van der Waals surface area contributed by atoms with Crippen molar-refractivity contribution in [2.75, 3.05) is 0 Å². The van der Waals surface area contributed by atoms with E-state index in [0.717, 1.165) is 30.1 Å². The summed E-state index contributed by atoms with van der Waals surface area (Å²) in [5.74, 6) is 4.38. The predicted molar refractivity (Wildman–Crippen MR) is 79.7 cm³/mol. The number of allylic oxidation sites excluding steroid dienone is 1. The summed E-state index contributed by atoms with van der Waals surface area (Å²) in [7, 11) is 0. The summed E-state index contributed by atoms with van der Waals surface area (Å²) in [6.07, 6.45) is 9.84. The van der Waals surface area contributed by atoms with Gasteiger partial charge in [0.2, 0.25) is 0 Å².